The number of nitrogens with zero attached hydrogens (tertiary/aromatic N) is 2. The van der Waals surface area contributed by atoms with Crippen LogP contribution in [0.1, 0.15) is 96.8 Å². The fraction of sp³-hybridized carbons (Fsp3) is 0.429. The Balaban J connectivity index is 1.23. The van der Waals surface area contributed by atoms with Crippen LogP contribution in [0.3, 0.4) is 0 Å². The van der Waals surface area contributed by atoms with E-state index in [-0.39, 0.29) is 29.1 Å². The lowest BCUT2D eigenvalue weighted by molar-refractivity contribution is 0.0937. The third-order valence-electron chi connectivity index (χ3n) is 8.85. The summed E-state index contributed by atoms with van der Waals surface area (Å²) in [4.78, 5) is 15.9. The maximum atomic E-state index is 13.3. The molecule has 0 radical (unpaired) electrons. The molecule has 7 nitrogen and oxygen atoms in total. The molecule has 8 heteroatoms. The summed E-state index contributed by atoms with van der Waals surface area (Å²) in [6.07, 6.45) is 7.40. The highest BCUT2D eigenvalue weighted by atomic mass is 32.2. The van der Waals surface area contributed by atoms with Gasteiger partial charge in [0.25, 0.3) is 5.91 Å². The Bertz CT molecular complexity index is 1570. The summed E-state index contributed by atoms with van der Waals surface area (Å²) in [6, 6.07) is 22.8. The quantitative estimate of drug-likeness (QED) is 0.243. The van der Waals surface area contributed by atoms with Gasteiger partial charge in [-0.2, -0.15) is 5.26 Å². The summed E-state index contributed by atoms with van der Waals surface area (Å²) in [5.74, 6) is 1.07. The number of rotatable bonds is 12. The second-order valence-electron chi connectivity index (χ2n) is 12.1. The molecule has 2 aliphatic carbocycles. The number of benzene rings is 3. The average molecular weight is 598 g/mol. The summed E-state index contributed by atoms with van der Waals surface area (Å²) in [6.45, 7) is 3.16. The summed E-state index contributed by atoms with van der Waals surface area (Å²) < 4.78 is 30.4. The number of ether oxygens (including phenoxy) is 1. The number of nitriles is 1. The monoisotopic (exact) mass is 597 g/mol. The Morgan fingerprint density at radius 3 is 2.14 bits per heavy atom. The third kappa shape index (κ3) is 6.95. The Morgan fingerprint density at radius 2 is 1.60 bits per heavy atom. The van der Waals surface area contributed by atoms with E-state index in [0.29, 0.717) is 23.0 Å². The molecule has 6 rings (SSSR count). The molecule has 1 heterocycles. The fourth-order valence-electron chi connectivity index (χ4n) is 5.92. The second-order valence-corrected chi connectivity index (χ2v) is 14.3. The minimum atomic E-state index is -3.33. The molecule has 0 bridgehead atoms. The molecule has 2 saturated carbocycles. The first kappa shape index (κ1) is 29.4. The number of amides is 1. The van der Waals surface area contributed by atoms with E-state index in [1.54, 1.807) is 19.1 Å². The van der Waals surface area contributed by atoms with Gasteiger partial charge in [-0.25, -0.2) is 8.42 Å². The molecule has 0 aromatic heterocycles. The van der Waals surface area contributed by atoms with Crippen molar-refractivity contribution in [3.8, 4) is 6.07 Å². The molecule has 43 heavy (non-hydrogen) atoms. The van der Waals surface area contributed by atoms with E-state index < -0.39 is 15.9 Å². The molecule has 3 fully saturated rings. The molecule has 3 aromatic carbocycles. The van der Waals surface area contributed by atoms with Gasteiger partial charge in [-0.15, -0.1) is 0 Å². The van der Waals surface area contributed by atoms with Gasteiger partial charge in [-0.05, 0) is 116 Å². The highest BCUT2D eigenvalue weighted by molar-refractivity contribution is 7.91. The zero-order chi connectivity index (χ0) is 30.0. The lowest BCUT2D eigenvalue weighted by atomic mass is 10.0. The molecule has 1 unspecified atom stereocenters. The van der Waals surface area contributed by atoms with Gasteiger partial charge in [0.05, 0.1) is 35.3 Å². The molecular formula is C35H39N3O4S. The number of sulfone groups is 1. The van der Waals surface area contributed by atoms with Crippen molar-refractivity contribution in [2.24, 2.45) is 0 Å². The van der Waals surface area contributed by atoms with E-state index in [9.17, 15) is 18.5 Å². The molecule has 1 N–H and O–H groups in total. The predicted molar refractivity (Wildman–Crippen MR) is 167 cm³/mol. The highest BCUT2D eigenvalue weighted by Crippen LogP contribution is 2.47. The van der Waals surface area contributed by atoms with E-state index in [1.807, 2.05) is 24.3 Å². The van der Waals surface area contributed by atoms with E-state index in [0.717, 1.165) is 31.7 Å². The van der Waals surface area contributed by atoms with Gasteiger partial charge in [0, 0.05) is 30.1 Å². The van der Waals surface area contributed by atoms with Gasteiger partial charge in [-0.1, -0.05) is 25.1 Å². The number of hydrogen-bond acceptors (Lipinski definition) is 6. The van der Waals surface area contributed by atoms with Gasteiger partial charge in [-0.3, -0.25) is 4.79 Å². The first-order valence-corrected chi connectivity index (χ1v) is 17.1. The van der Waals surface area contributed by atoms with Gasteiger partial charge < -0.3 is 15.0 Å². The second kappa shape index (κ2) is 12.5. The largest absolute Gasteiger partial charge is 0.376 e. The van der Waals surface area contributed by atoms with Crippen LogP contribution < -0.4 is 10.2 Å². The maximum Gasteiger partial charge on any atom is 0.251 e. The number of carbonyl (C=O) groups is 1. The Kier molecular flexibility index (Phi) is 8.56. The highest BCUT2D eigenvalue weighted by Gasteiger charge is 2.30. The first-order valence-electron chi connectivity index (χ1n) is 15.5. The maximum absolute atomic E-state index is 13.3. The van der Waals surface area contributed by atoms with Crippen molar-refractivity contribution in [3.05, 3.63) is 89.0 Å². The van der Waals surface area contributed by atoms with Crippen molar-refractivity contribution >= 4 is 27.1 Å². The van der Waals surface area contributed by atoms with Crippen molar-refractivity contribution in [1.29, 1.82) is 5.26 Å². The topological polar surface area (TPSA) is 99.5 Å². The zero-order valence-electron chi connectivity index (χ0n) is 24.7. The van der Waals surface area contributed by atoms with Crippen molar-refractivity contribution in [2.45, 2.75) is 80.7 Å². The normalized spacial score (nSPS) is 19.0. The van der Waals surface area contributed by atoms with Crippen molar-refractivity contribution < 1.29 is 17.9 Å². The van der Waals surface area contributed by atoms with Gasteiger partial charge in [0.2, 0.25) is 0 Å². The summed E-state index contributed by atoms with van der Waals surface area (Å²) in [5.41, 5.74) is 6.28. The summed E-state index contributed by atoms with van der Waals surface area (Å²) in [5, 5.41) is 12.4. The molecule has 1 saturated heterocycles. The number of carbonyl (C=O) groups excluding carboxylic acids is 1. The molecule has 1 amide bonds. The minimum Gasteiger partial charge on any atom is -0.376 e. The van der Waals surface area contributed by atoms with Crippen LogP contribution in [0.5, 0.6) is 0 Å². The van der Waals surface area contributed by atoms with Crippen molar-refractivity contribution in [3.63, 3.8) is 0 Å². The first-order chi connectivity index (χ1) is 20.8. The van der Waals surface area contributed by atoms with Crippen molar-refractivity contribution in [2.75, 3.05) is 23.8 Å². The van der Waals surface area contributed by atoms with Crippen LogP contribution >= 0.6 is 0 Å². The molecule has 0 spiro atoms. The predicted octanol–water partition coefficient (Wildman–Crippen LogP) is 6.94. The van der Waals surface area contributed by atoms with Crippen LogP contribution in [0.4, 0.5) is 11.4 Å². The lowest BCUT2D eigenvalue weighted by Crippen LogP contribution is -2.29. The average Bonchev–Trinajstić information content (AvgIpc) is 3.98. The zero-order valence-corrected chi connectivity index (χ0v) is 25.5. The Hall–Kier alpha value is -3.67. The van der Waals surface area contributed by atoms with E-state index in [1.165, 1.54) is 54.6 Å². The molecule has 3 aromatic rings. The van der Waals surface area contributed by atoms with E-state index in [4.69, 9.17) is 4.74 Å². The van der Waals surface area contributed by atoms with E-state index >= 15 is 0 Å². The standard InChI is InChI=1S/C35H39N3O4S/c1-2-43(40,41)33-15-11-26(12-16-33)34(17-18-36)37-35(39)27-9-13-30(14-10-27)38(23-32-4-3-19-42-32)31-21-28(24-5-6-24)20-29(22-31)25-7-8-25/h9-16,20-22,24-25,32,34H,2-8,17,19,23H2,1H3,(H,37,39)/t32?,34-/m0/s1. The minimum absolute atomic E-state index is 0.0133. The molecular weight excluding hydrogens is 558 g/mol. The smallest absolute Gasteiger partial charge is 0.251 e. The lowest BCUT2D eigenvalue weighted by Gasteiger charge is -2.29. The van der Waals surface area contributed by atoms with Crippen LogP contribution in [0.2, 0.25) is 0 Å². The SMILES string of the molecule is CCS(=O)(=O)c1ccc([C@H](CC#N)NC(=O)c2ccc(N(CC3CCCO3)c3cc(C4CC4)cc(C4CC4)c3)cc2)cc1. The van der Waals surface area contributed by atoms with Crippen LogP contribution in [0, 0.1) is 11.3 Å². The molecule has 224 valence electrons. The van der Waals surface area contributed by atoms with Crippen LogP contribution in [0.15, 0.2) is 71.6 Å². The molecule has 3 aliphatic rings. The fourth-order valence-corrected chi connectivity index (χ4v) is 6.81. The van der Waals surface area contributed by atoms with Crippen LogP contribution in [0.25, 0.3) is 0 Å². The Morgan fingerprint density at radius 1 is 0.953 bits per heavy atom. The van der Waals surface area contributed by atoms with Crippen molar-refractivity contribution in [1.82, 2.24) is 5.32 Å². The number of nitrogens with one attached hydrogen (secondary N) is 1. The molecule has 2 atom stereocenters. The molecule has 1 aliphatic heterocycles. The van der Waals surface area contributed by atoms with Gasteiger partial charge >= 0.3 is 0 Å². The third-order valence-corrected chi connectivity index (χ3v) is 10.6. The number of hydrogen-bond donors (Lipinski definition) is 1. The summed E-state index contributed by atoms with van der Waals surface area (Å²) in [7, 11) is -3.33. The summed E-state index contributed by atoms with van der Waals surface area (Å²) >= 11 is 0. The van der Waals surface area contributed by atoms with Crippen LogP contribution in [-0.4, -0.2) is 39.3 Å². The number of anilines is 2. The van der Waals surface area contributed by atoms with Gasteiger partial charge in [0.15, 0.2) is 9.84 Å². The van der Waals surface area contributed by atoms with Crippen LogP contribution in [-0.2, 0) is 14.6 Å². The Labute approximate surface area is 254 Å². The van der Waals surface area contributed by atoms with Gasteiger partial charge in [0.1, 0.15) is 0 Å². The van der Waals surface area contributed by atoms with E-state index in [2.05, 4.69) is 34.5 Å².